The molecule has 1 atom stereocenters. The van der Waals surface area contributed by atoms with Crippen molar-refractivity contribution < 1.29 is 4.79 Å². The number of carbonyl (C=O) groups excluding carboxylic acids is 1. The summed E-state index contributed by atoms with van der Waals surface area (Å²) in [7, 11) is 1.82. The average molecular weight is 224 g/mol. The smallest absolute Gasteiger partial charge is 0.244 e. The van der Waals surface area contributed by atoms with E-state index in [2.05, 4.69) is 18.9 Å². The molecule has 0 saturated carbocycles. The van der Waals surface area contributed by atoms with Gasteiger partial charge in [0, 0.05) is 19.8 Å². The van der Waals surface area contributed by atoms with E-state index in [-0.39, 0.29) is 12.5 Å². The van der Waals surface area contributed by atoms with Gasteiger partial charge in [-0.15, -0.1) is 0 Å². The largest absolute Gasteiger partial charge is 0.382 e. The van der Waals surface area contributed by atoms with E-state index in [0.717, 1.165) is 13.0 Å². The fraction of sp³-hybridized carbons (Fsp3) is 0.636. The van der Waals surface area contributed by atoms with Crippen LogP contribution in [0.25, 0.3) is 0 Å². The highest BCUT2D eigenvalue weighted by molar-refractivity contribution is 5.75. The van der Waals surface area contributed by atoms with E-state index in [1.807, 2.05) is 7.05 Å². The Kier molecular flexibility index (Phi) is 4.34. The van der Waals surface area contributed by atoms with E-state index in [1.54, 1.807) is 21.8 Å². The number of rotatable bonds is 5. The first-order chi connectivity index (χ1) is 7.52. The summed E-state index contributed by atoms with van der Waals surface area (Å²) < 4.78 is 1.56. The van der Waals surface area contributed by atoms with Gasteiger partial charge >= 0.3 is 0 Å². The minimum Gasteiger partial charge on any atom is -0.382 e. The van der Waals surface area contributed by atoms with Gasteiger partial charge < -0.3 is 10.6 Å². The van der Waals surface area contributed by atoms with Gasteiger partial charge in [0.25, 0.3) is 0 Å². The molecule has 16 heavy (non-hydrogen) atoms. The van der Waals surface area contributed by atoms with Gasteiger partial charge in [-0.05, 0) is 12.0 Å². The number of nitrogens with zero attached hydrogens (tertiary/aromatic N) is 3. The van der Waals surface area contributed by atoms with Crippen LogP contribution in [0.1, 0.15) is 20.3 Å². The monoisotopic (exact) mass is 224 g/mol. The van der Waals surface area contributed by atoms with Crippen molar-refractivity contribution in [2.75, 3.05) is 19.3 Å². The van der Waals surface area contributed by atoms with Gasteiger partial charge in [-0.1, -0.05) is 20.3 Å². The third kappa shape index (κ3) is 3.56. The van der Waals surface area contributed by atoms with Crippen LogP contribution in [0.3, 0.4) is 0 Å². The molecule has 0 aromatic carbocycles. The molecule has 1 aromatic heterocycles. The maximum atomic E-state index is 11.8. The van der Waals surface area contributed by atoms with Crippen LogP contribution in [0.2, 0.25) is 0 Å². The zero-order valence-electron chi connectivity index (χ0n) is 10.2. The SMILES string of the molecule is CCC(C)CN(C)C(=O)Cn1ccc(N)n1. The summed E-state index contributed by atoms with van der Waals surface area (Å²) in [5.74, 6) is 1.03. The van der Waals surface area contributed by atoms with Gasteiger partial charge in [0.05, 0.1) is 0 Å². The molecule has 1 heterocycles. The van der Waals surface area contributed by atoms with E-state index in [0.29, 0.717) is 11.7 Å². The maximum Gasteiger partial charge on any atom is 0.244 e. The van der Waals surface area contributed by atoms with Gasteiger partial charge in [0.1, 0.15) is 12.4 Å². The average Bonchev–Trinajstić information content (AvgIpc) is 2.63. The molecule has 0 aliphatic heterocycles. The van der Waals surface area contributed by atoms with E-state index in [4.69, 9.17) is 5.73 Å². The van der Waals surface area contributed by atoms with Crippen molar-refractivity contribution in [3.8, 4) is 0 Å². The summed E-state index contributed by atoms with van der Waals surface area (Å²) in [6.07, 6.45) is 2.79. The fourth-order valence-electron chi connectivity index (χ4n) is 1.42. The number of aromatic nitrogens is 2. The summed E-state index contributed by atoms with van der Waals surface area (Å²) in [5, 5.41) is 3.98. The number of hydrogen-bond donors (Lipinski definition) is 1. The lowest BCUT2D eigenvalue weighted by molar-refractivity contribution is -0.131. The van der Waals surface area contributed by atoms with Crippen molar-refractivity contribution in [2.24, 2.45) is 5.92 Å². The molecule has 0 aliphatic rings. The highest BCUT2D eigenvalue weighted by atomic mass is 16.2. The maximum absolute atomic E-state index is 11.8. The Balaban J connectivity index is 2.45. The number of anilines is 1. The summed E-state index contributed by atoms with van der Waals surface area (Å²) in [4.78, 5) is 13.5. The highest BCUT2D eigenvalue weighted by Crippen LogP contribution is 2.04. The fourth-order valence-corrected chi connectivity index (χ4v) is 1.42. The van der Waals surface area contributed by atoms with E-state index < -0.39 is 0 Å². The first-order valence-corrected chi connectivity index (χ1v) is 5.55. The van der Waals surface area contributed by atoms with Gasteiger partial charge in [-0.3, -0.25) is 9.48 Å². The number of amides is 1. The minimum atomic E-state index is 0.0587. The van der Waals surface area contributed by atoms with Crippen molar-refractivity contribution in [1.29, 1.82) is 0 Å². The zero-order valence-corrected chi connectivity index (χ0v) is 10.2. The number of nitrogen functional groups attached to an aromatic ring is 1. The molecule has 1 aromatic rings. The molecule has 0 radical (unpaired) electrons. The third-order valence-electron chi connectivity index (χ3n) is 2.67. The van der Waals surface area contributed by atoms with E-state index in [1.165, 1.54) is 0 Å². The molecule has 5 nitrogen and oxygen atoms in total. The lowest BCUT2D eigenvalue weighted by atomic mass is 10.1. The Bertz CT molecular complexity index is 348. The van der Waals surface area contributed by atoms with Gasteiger partial charge in [0.2, 0.25) is 5.91 Å². The standard InChI is InChI=1S/C11H20N4O/c1-4-9(2)7-14(3)11(16)8-15-6-5-10(12)13-15/h5-6,9H,4,7-8H2,1-3H3,(H2,12,13). The van der Waals surface area contributed by atoms with E-state index in [9.17, 15) is 4.79 Å². The molecule has 5 heteroatoms. The molecule has 0 saturated heterocycles. The second-order valence-corrected chi connectivity index (χ2v) is 4.23. The van der Waals surface area contributed by atoms with Crippen molar-refractivity contribution >= 4 is 11.7 Å². The zero-order chi connectivity index (χ0) is 12.1. The number of hydrogen-bond acceptors (Lipinski definition) is 3. The van der Waals surface area contributed by atoms with E-state index >= 15 is 0 Å². The number of likely N-dealkylation sites (N-methyl/N-ethyl adjacent to an activating group) is 1. The Morgan fingerprint density at radius 3 is 2.88 bits per heavy atom. The first-order valence-electron chi connectivity index (χ1n) is 5.55. The van der Waals surface area contributed by atoms with Crippen molar-refractivity contribution in [3.63, 3.8) is 0 Å². The molecule has 0 aliphatic carbocycles. The molecular weight excluding hydrogens is 204 g/mol. The normalized spacial score (nSPS) is 12.4. The Labute approximate surface area is 96.2 Å². The van der Waals surface area contributed by atoms with Gasteiger partial charge in [-0.25, -0.2) is 0 Å². The highest BCUT2D eigenvalue weighted by Gasteiger charge is 2.12. The Hall–Kier alpha value is -1.52. The number of carbonyl (C=O) groups is 1. The predicted octanol–water partition coefficient (Wildman–Crippen LogP) is 0.970. The molecule has 0 spiro atoms. The van der Waals surface area contributed by atoms with Crippen LogP contribution in [0.15, 0.2) is 12.3 Å². The van der Waals surface area contributed by atoms with Crippen LogP contribution in [0.5, 0.6) is 0 Å². The lowest BCUT2D eigenvalue weighted by Gasteiger charge is -2.20. The molecule has 0 bridgehead atoms. The first kappa shape index (κ1) is 12.5. The molecule has 0 fully saturated rings. The third-order valence-corrected chi connectivity index (χ3v) is 2.67. The van der Waals surface area contributed by atoms with Crippen molar-refractivity contribution in [3.05, 3.63) is 12.3 Å². The Morgan fingerprint density at radius 2 is 2.38 bits per heavy atom. The van der Waals surface area contributed by atoms with Crippen LogP contribution >= 0.6 is 0 Å². The predicted molar refractivity (Wildman–Crippen MR) is 63.7 cm³/mol. The summed E-state index contributed by atoms with van der Waals surface area (Å²) in [6, 6.07) is 1.68. The lowest BCUT2D eigenvalue weighted by Crippen LogP contribution is -2.33. The van der Waals surface area contributed by atoms with Crippen LogP contribution in [0.4, 0.5) is 5.82 Å². The van der Waals surface area contributed by atoms with Crippen LogP contribution < -0.4 is 5.73 Å². The topological polar surface area (TPSA) is 64.2 Å². The second kappa shape index (κ2) is 5.53. The molecule has 1 amide bonds. The van der Waals surface area contributed by atoms with Crippen molar-refractivity contribution in [1.82, 2.24) is 14.7 Å². The van der Waals surface area contributed by atoms with Gasteiger partial charge in [0.15, 0.2) is 0 Å². The molecule has 1 unspecified atom stereocenters. The molecule has 90 valence electrons. The van der Waals surface area contributed by atoms with Crippen LogP contribution in [-0.4, -0.2) is 34.2 Å². The summed E-state index contributed by atoms with van der Waals surface area (Å²) in [5.41, 5.74) is 5.48. The number of nitrogens with two attached hydrogens (primary N) is 1. The van der Waals surface area contributed by atoms with Gasteiger partial charge in [-0.2, -0.15) is 5.10 Å². The summed E-state index contributed by atoms with van der Waals surface area (Å²) in [6.45, 7) is 5.29. The minimum absolute atomic E-state index is 0.0587. The summed E-state index contributed by atoms with van der Waals surface area (Å²) >= 11 is 0. The Morgan fingerprint density at radius 1 is 1.69 bits per heavy atom. The molecular formula is C11H20N4O. The van der Waals surface area contributed by atoms with Crippen LogP contribution in [-0.2, 0) is 11.3 Å². The van der Waals surface area contributed by atoms with Crippen LogP contribution in [0, 0.1) is 5.92 Å². The molecule has 1 rings (SSSR count). The second-order valence-electron chi connectivity index (χ2n) is 4.23. The quantitative estimate of drug-likeness (QED) is 0.810. The molecule has 2 N–H and O–H groups in total. The van der Waals surface area contributed by atoms with Crippen molar-refractivity contribution in [2.45, 2.75) is 26.8 Å².